The summed E-state index contributed by atoms with van der Waals surface area (Å²) < 4.78 is 34.7. The number of benzene rings is 2. The van der Waals surface area contributed by atoms with E-state index in [-0.39, 0.29) is 23.4 Å². The molecule has 0 radical (unpaired) electrons. The summed E-state index contributed by atoms with van der Waals surface area (Å²) >= 11 is 1.11. The number of fused-ring (bicyclic) bond motifs is 1. The fourth-order valence-corrected chi connectivity index (χ4v) is 3.78. The van der Waals surface area contributed by atoms with Gasteiger partial charge in [-0.3, -0.25) is 9.36 Å². The number of hydrogen-bond acceptors (Lipinski definition) is 4. The molecule has 0 atom stereocenters. The molecule has 0 saturated heterocycles. The molecule has 0 unspecified atom stereocenters. The number of halogens is 2. The van der Waals surface area contributed by atoms with Crippen molar-refractivity contribution in [1.29, 1.82) is 0 Å². The van der Waals surface area contributed by atoms with E-state index in [4.69, 9.17) is 4.42 Å². The number of furan rings is 1. The van der Waals surface area contributed by atoms with E-state index in [1.54, 1.807) is 36.4 Å². The first kappa shape index (κ1) is 17.5. The molecule has 4 rings (SSSR count). The highest BCUT2D eigenvalue weighted by atomic mass is 32.2. The van der Waals surface area contributed by atoms with E-state index >= 15 is 0 Å². The SMILES string of the molecule is O=c1c2ccccc2nc(SCc2c(F)cccc2F)n1Cc1ccco1. The van der Waals surface area contributed by atoms with Gasteiger partial charge in [0.05, 0.1) is 23.7 Å². The van der Waals surface area contributed by atoms with Gasteiger partial charge in [-0.15, -0.1) is 0 Å². The van der Waals surface area contributed by atoms with Crippen LogP contribution in [0.1, 0.15) is 11.3 Å². The van der Waals surface area contributed by atoms with Crippen LogP contribution in [0.15, 0.2) is 75.2 Å². The van der Waals surface area contributed by atoms with Crippen LogP contribution in [0.5, 0.6) is 0 Å². The zero-order chi connectivity index (χ0) is 18.8. The molecular formula is C20H14F2N2O2S. The highest BCUT2D eigenvalue weighted by Crippen LogP contribution is 2.25. The lowest BCUT2D eigenvalue weighted by atomic mass is 10.2. The van der Waals surface area contributed by atoms with E-state index < -0.39 is 11.6 Å². The van der Waals surface area contributed by atoms with Gasteiger partial charge in [0.25, 0.3) is 5.56 Å². The summed E-state index contributed by atoms with van der Waals surface area (Å²) in [5.74, 6) is -0.638. The monoisotopic (exact) mass is 384 g/mol. The van der Waals surface area contributed by atoms with Crippen molar-refractivity contribution in [3.8, 4) is 0 Å². The van der Waals surface area contributed by atoms with Gasteiger partial charge in [0.15, 0.2) is 5.16 Å². The maximum Gasteiger partial charge on any atom is 0.262 e. The quantitative estimate of drug-likeness (QED) is 0.372. The number of nitrogens with zero attached hydrogens (tertiary/aromatic N) is 2. The van der Waals surface area contributed by atoms with Crippen LogP contribution in [0, 0.1) is 11.6 Å². The molecule has 0 amide bonds. The Morgan fingerprint density at radius 1 is 1.00 bits per heavy atom. The molecule has 0 fully saturated rings. The Balaban J connectivity index is 1.77. The first-order valence-corrected chi connectivity index (χ1v) is 9.19. The lowest BCUT2D eigenvalue weighted by Crippen LogP contribution is -2.23. The molecular weight excluding hydrogens is 370 g/mol. The minimum atomic E-state index is -0.622. The Labute approximate surface area is 157 Å². The van der Waals surface area contributed by atoms with Crippen molar-refractivity contribution in [3.63, 3.8) is 0 Å². The molecule has 2 aromatic heterocycles. The normalized spacial score (nSPS) is 11.2. The summed E-state index contributed by atoms with van der Waals surface area (Å²) in [6.07, 6.45) is 1.52. The van der Waals surface area contributed by atoms with Gasteiger partial charge in [0.1, 0.15) is 17.4 Å². The van der Waals surface area contributed by atoms with Gasteiger partial charge in [-0.2, -0.15) is 0 Å². The molecule has 0 spiro atoms. The summed E-state index contributed by atoms with van der Waals surface area (Å²) in [6.45, 7) is 0.186. The van der Waals surface area contributed by atoms with E-state index in [0.29, 0.717) is 21.8 Å². The minimum Gasteiger partial charge on any atom is -0.467 e. The number of para-hydroxylation sites is 1. The van der Waals surface area contributed by atoms with Gasteiger partial charge >= 0.3 is 0 Å². The van der Waals surface area contributed by atoms with Gasteiger partial charge < -0.3 is 4.42 Å². The highest BCUT2D eigenvalue weighted by molar-refractivity contribution is 7.98. The molecule has 0 N–H and O–H groups in total. The molecule has 0 aliphatic heterocycles. The fourth-order valence-electron chi connectivity index (χ4n) is 2.76. The molecule has 0 aliphatic rings. The van der Waals surface area contributed by atoms with Gasteiger partial charge in [-0.05, 0) is 36.4 Å². The Bertz CT molecular complexity index is 1140. The summed E-state index contributed by atoms with van der Waals surface area (Å²) in [5, 5.41) is 0.850. The molecule has 0 aliphatic carbocycles. The molecule has 136 valence electrons. The third-order valence-electron chi connectivity index (χ3n) is 4.13. The topological polar surface area (TPSA) is 48.0 Å². The average molecular weight is 384 g/mol. The second-order valence-corrected chi connectivity index (χ2v) is 6.81. The van der Waals surface area contributed by atoms with Crippen LogP contribution < -0.4 is 5.56 Å². The Morgan fingerprint density at radius 3 is 2.52 bits per heavy atom. The minimum absolute atomic E-state index is 0.0153. The number of hydrogen-bond donors (Lipinski definition) is 0. The largest absolute Gasteiger partial charge is 0.467 e. The molecule has 7 heteroatoms. The summed E-state index contributed by atoms with van der Waals surface area (Å²) in [5.41, 5.74) is 0.262. The molecule has 27 heavy (non-hydrogen) atoms. The molecule has 0 bridgehead atoms. The first-order chi connectivity index (χ1) is 13.1. The Hall–Kier alpha value is -2.93. The van der Waals surface area contributed by atoms with Crippen LogP contribution >= 0.6 is 11.8 Å². The van der Waals surface area contributed by atoms with Gasteiger partial charge in [0.2, 0.25) is 0 Å². The van der Waals surface area contributed by atoms with Crippen molar-refractivity contribution < 1.29 is 13.2 Å². The third-order valence-corrected chi connectivity index (χ3v) is 5.13. The van der Waals surface area contributed by atoms with Crippen molar-refractivity contribution in [2.45, 2.75) is 17.5 Å². The van der Waals surface area contributed by atoms with Crippen LogP contribution in [-0.2, 0) is 12.3 Å². The van der Waals surface area contributed by atoms with Crippen LogP contribution in [-0.4, -0.2) is 9.55 Å². The highest BCUT2D eigenvalue weighted by Gasteiger charge is 2.15. The zero-order valence-corrected chi connectivity index (χ0v) is 14.9. The number of thioether (sulfide) groups is 1. The molecule has 0 saturated carbocycles. The van der Waals surface area contributed by atoms with Crippen molar-refractivity contribution >= 4 is 22.7 Å². The fraction of sp³-hybridized carbons (Fsp3) is 0.100. The summed E-state index contributed by atoms with van der Waals surface area (Å²) in [4.78, 5) is 17.5. The van der Waals surface area contributed by atoms with Crippen LogP contribution in [0.25, 0.3) is 10.9 Å². The maximum absolute atomic E-state index is 13.9. The molecule has 4 aromatic rings. The van der Waals surface area contributed by atoms with E-state index in [0.717, 1.165) is 11.8 Å². The zero-order valence-electron chi connectivity index (χ0n) is 14.1. The number of rotatable bonds is 5. The summed E-state index contributed by atoms with van der Waals surface area (Å²) in [6, 6.07) is 14.2. The first-order valence-electron chi connectivity index (χ1n) is 8.21. The van der Waals surface area contributed by atoms with E-state index in [1.165, 1.54) is 29.0 Å². The van der Waals surface area contributed by atoms with Crippen molar-refractivity contribution in [2.75, 3.05) is 0 Å². The Morgan fingerprint density at radius 2 is 1.78 bits per heavy atom. The second kappa shape index (κ2) is 7.36. The lowest BCUT2D eigenvalue weighted by Gasteiger charge is -2.12. The second-order valence-electron chi connectivity index (χ2n) is 5.87. The smallest absolute Gasteiger partial charge is 0.262 e. The van der Waals surface area contributed by atoms with Gasteiger partial charge in [-0.1, -0.05) is 30.0 Å². The van der Waals surface area contributed by atoms with Crippen molar-refractivity contribution in [2.24, 2.45) is 0 Å². The number of aromatic nitrogens is 2. The summed E-state index contributed by atoms with van der Waals surface area (Å²) in [7, 11) is 0. The van der Waals surface area contributed by atoms with Crippen LogP contribution in [0.4, 0.5) is 8.78 Å². The van der Waals surface area contributed by atoms with Crippen molar-refractivity contribution in [3.05, 3.63) is 94.2 Å². The van der Waals surface area contributed by atoms with Crippen LogP contribution in [0.3, 0.4) is 0 Å². The standard InChI is InChI=1S/C20H14F2N2O2S/c21-16-7-3-8-17(22)15(16)12-27-20-23-18-9-2-1-6-14(18)19(25)24(20)11-13-5-4-10-26-13/h1-10H,11-12H2. The molecule has 2 aromatic carbocycles. The van der Waals surface area contributed by atoms with Gasteiger partial charge in [0, 0.05) is 11.3 Å². The van der Waals surface area contributed by atoms with Crippen molar-refractivity contribution in [1.82, 2.24) is 9.55 Å². The third kappa shape index (κ3) is 3.50. The average Bonchev–Trinajstić information content (AvgIpc) is 3.17. The van der Waals surface area contributed by atoms with Crippen LogP contribution in [0.2, 0.25) is 0 Å². The predicted molar refractivity (Wildman–Crippen MR) is 99.7 cm³/mol. The molecule has 4 nitrogen and oxygen atoms in total. The molecule has 2 heterocycles. The Kier molecular flexibility index (Phi) is 4.77. The van der Waals surface area contributed by atoms with E-state index in [1.807, 2.05) is 0 Å². The van der Waals surface area contributed by atoms with E-state index in [9.17, 15) is 13.6 Å². The van der Waals surface area contributed by atoms with Gasteiger partial charge in [-0.25, -0.2) is 13.8 Å². The lowest BCUT2D eigenvalue weighted by molar-refractivity contribution is 0.476. The maximum atomic E-state index is 13.9. The predicted octanol–water partition coefficient (Wildman–Crippen LogP) is 4.61. The van der Waals surface area contributed by atoms with E-state index in [2.05, 4.69) is 4.98 Å².